The van der Waals surface area contributed by atoms with Crippen molar-refractivity contribution in [3.8, 4) is 11.1 Å². The van der Waals surface area contributed by atoms with Crippen LogP contribution in [-0.4, -0.2) is 4.98 Å². The van der Waals surface area contributed by atoms with E-state index in [0.29, 0.717) is 5.56 Å². The Morgan fingerprint density at radius 1 is 1.07 bits per heavy atom. The van der Waals surface area contributed by atoms with Crippen molar-refractivity contribution in [2.45, 2.75) is 0 Å². The summed E-state index contributed by atoms with van der Waals surface area (Å²) in [6, 6.07) is 5.16. The third kappa shape index (κ3) is 1.83. The first-order valence-electron chi connectivity index (χ1n) is 4.24. The van der Waals surface area contributed by atoms with Gasteiger partial charge in [0, 0.05) is 18.0 Å². The lowest BCUT2D eigenvalue weighted by Gasteiger charge is -2.05. The summed E-state index contributed by atoms with van der Waals surface area (Å²) in [5.74, 6) is -1.27. The van der Waals surface area contributed by atoms with E-state index in [1.807, 2.05) is 0 Å². The van der Waals surface area contributed by atoms with Gasteiger partial charge in [0.2, 0.25) is 0 Å². The Hall–Kier alpha value is -1.48. The van der Waals surface area contributed by atoms with Gasteiger partial charge in [0.15, 0.2) is 0 Å². The summed E-state index contributed by atoms with van der Waals surface area (Å²) in [5.41, 5.74) is 0.187. The topological polar surface area (TPSA) is 12.9 Å². The lowest BCUT2D eigenvalue weighted by atomic mass is 10.1. The number of pyridine rings is 1. The Balaban J connectivity index is 2.69. The SMILES string of the molecule is Fc1cccc(F)c1-c1ccncc1Cl. The van der Waals surface area contributed by atoms with Crippen LogP contribution in [0, 0.1) is 11.6 Å². The summed E-state index contributed by atoms with van der Waals surface area (Å²) in [7, 11) is 0. The van der Waals surface area contributed by atoms with Crippen molar-refractivity contribution in [2.24, 2.45) is 0 Å². The molecule has 0 aliphatic rings. The first-order valence-corrected chi connectivity index (χ1v) is 4.62. The first-order chi connectivity index (χ1) is 7.20. The van der Waals surface area contributed by atoms with Gasteiger partial charge in [-0.3, -0.25) is 4.98 Å². The summed E-state index contributed by atoms with van der Waals surface area (Å²) < 4.78 is 26.8. The molecule has 0 saturated heterocycles. The quantitative estimate of drug-likeness (QED) is 0.722. The molecule has 76 valence electrons. The van der Waals surface area contributed by atoms with Gasteiger partial charge in [0.25, 0.3) is 0 Å². The Morgan fingerprint density at radius 2 is 1.73 bits per heavy atom. The van der Waals surface area contributed by atoms with Gasteiger partial charge < -0.3 is 0 Å². The number of halogens is 3. The monoisotopic (exact) mass is 225 g/mol. The number of aromatic nitrogens is 1. The Kier molecular flexibility index (Phi) is 2.64. The van der Waals surface area contributed by atoms with E-state index in [1.54, 1.807) is 0 Å². The number of nitrogens with zero attached hydrogens (tertiary/aromatic N) is 1. The molecule has 0 N–H and O–H groups in total. The highest BCUT2D eigenvalue weighted by Gasteiger charge is 2.13. The zero-order valence-electron chi connectivity index (χ0n) is 7.55. The smallest absolute Gasteiger partial charge is 0.134 e. The molecule has 1 aromatic heterocycles. The van der Waals surface area contributed by atoms with Gasteiger partial charge in [-0.25, -0.2) is 8.78 Å². The van der Waals surface area contributed by atoms with Crippen LogP contribution in [0.1, 0.15) is 0 Å². The van der Waals surface area contributed by atoms with Crippen molar-refractivity contribution in [1.29, 1.82) is 0 Å². The van der Waals surface area contributed by atoms with Gasteiger partial charge >= 0.3 is 0 Å². The molecular formula is C11H6ClF2N. The minimum atomic E-state index is -0.636. The summed E-state index contributed by atoms with van der Waals surface area (Å²) >= 11 is 5.81. The molecule has 1 aromatic carbocycles. The molecule has 0 unspecified atom stereocenters. The van der Waals surface area contributed by atoms with Crippen LogP contribution in [0.5, 0.6) is 0 Å². The highest BCUT2D eigenvalue weighted by Crippen LogP contribution is 2.30. The van der Waals surface area contributed by atoms with Crippen LogP contribution in [0.3, 0.4) is 0 Å². The summed E-state index contributed by atoms with van der Waals surface area (Å²) in [6.07, 6.45) is 2.79. The minimum absolute atomic E-state index is 0.120. The van der Waals surface area contributed by atoms with Gasteiger partial charge in [-0.15, -0.1) is 0 Å². The third-order valence-corrected chi connectivity index (χ3v) is 2.31. The lowest BCUT2D eigenvalue weighted by Crippen LogP contribution is -1.90. The third-order valence-electron chi connectivity index (χ3n) is 2.00. The summed E-state index contributed by atoms with van der Waals surface area (Å²) in [5, 5.41) is 0.224. The molecule has 0 amide bonds. The van der Waals surface area contributed by atoms with E-state index in [9.17, 15) is 8.78 Å². The first kappa shape index (κ1) is 10.1. The molecule has 0 saturated carbocycles. The van der Waals surface area contributed by atoms with Crippen molar-refractivity contribution < 1.29 is 8.78 Å². The zero-order valence-corrected chi connectivity index (χ0v) is 8.30. The number of rotatable bonds is 1. The highest BCUT2D eigenvalue weighted by atomic mass is 35.5. The molecule has 15 heavy (non-hydrogen) atoms. The lowest BCUT2D eigenvalue weighted by molar-refractivity contribution is 0.589. The number of benzene rings is 1. The van der Waals surface area contributed by atoms with Crippen LogP contribution in [0.2, 0.25) is 5.02 Å². The summed E-state index contributed by atoms with van der Waals surface area (Å²) in [4.78, 5) is 3.75. The molecular weight excluding hydrogens is 220 g/mol. The number of hydrogen-bond acceptors (Lipinski definition) is 1. The molecule has 2 aromatic rings. The van der Waals surface area contributed by atoms with Gasteiger partial charge in [0.05, 0.1) is 10.6 Å². The van der Waals surface area contributed by atoms with Crippen molar-refractivity contribution in [1.82, 2.24) is 4.98 Å². The fraction of sp³-hybridized carbons (Fsp3) is 0. The molecule has 1 heterocycles. The second-order valence-corrected chi connectivity index (χ2v) is 3.36. The molecule has 1 nitrogen and oxygen atoms in total. The molecule has 4 heteroatoms. The van der Waals surface area contributed by atoms with Crippen LogP contribution in [-0.2, 0) is 0 Å². The van der Waals surface area contributed by atoms with Crippen LogP contribution >= 0.6 is 11.6 Å². The standard InChI is InChI=1S/C11H6ClF2N/c12-8-6-15-5-4-7(8)11-9(13)2-1-3-10(11)14/h1-6H. The van der Waals surface area contributed by atoms with E-state index < -0.39 is 11.6 Å². The second kappa shape index (κ2) is 3.95. The molecule has 0 radical (unpaired) electrons. The van der Waals surface area contributed by atoms with Crippen LogP contribution in [0.25, 0.3) is 11.1 Å². The Morgan fingerprint density at radius 3 is 2.33 bits per heavy atom. The van der Waals surface area contributed by atoms with E-state index in [-0.39, 0.29) is 10.6 Å². The van der Waals surface area contributed by atoms with Gasteiger partial charge in [-0.05, 0) is 18.2 Å². The van der Waals surface area contributed by atoms with Crippen molar-refractivity contribution in [3.05, 3.63) is 53.3 Å². The second-order valence-electron chi connectivity index (χ2n) is 2.95. The van der Waals surface area contributed by atoms with Crippen molar-refractivity contribution in [3.63, 3.8) is 0 Å². The molecule has 0 spiro atoms. The van der Waals surface area contributed by atoms with Gasteiger partial charge in [-0.1, -0.05) is 17.7 Å². The largest absolute Gasteiger partial charge is 0.263 e. The van der Waals surface area contributed by atoms with Gasteiger partial charge in [0.1, 0.15) is 11.6 Å². The average molecular weight is 226 g/mol. The molecule has 0 atom stereocenters. The van der Waals surface area contributed by atoms with E-state index in [1.165, 1.54) is 36.7 Å². The summed E-state index contributed by atoms with van der Waals surface area (Å²) in [6.45, 7) is 0. The van der Waals surface area contributed by atoms with Crippen LogP contribution < -0.4 is 0 Å². The zero-order chi connectivity index (χ0) is 10.8. The van der Waals surface area contributed by atoms with Crippen LogP contribution in [0.4, 0.5) is 8.78 Å². The molecule has 0 fully saturated rings. The fourth-order valence-corrected chi connectivity index (χ4v) is 1.55. The van der Waals surface area contributed by atoms with E-state index in [4.69, 9.17) is 11.6 Å². The molecule has 0 aliphatic heterocycles. The maximum Gasteiger partial charge on any atom is 0.134 e. The van der Waals surface area contributed by atoms with Crippen LogP contribution in [0.15, 0.2) is 36.7 Å². The molecule has 0 bridgehead atoms. The fourth-order valence-electron chi connectivity index (χ4n) is 1.33. The van der Waals surface area contributed by atoms with E-state index >= 15 is 0 Å². The molecule has 2 rings (SSSR count). The van der Waals surface area contributed by atoms with Gasteiger partial charge in [-0.2, -0.15) is 0 Å². The molecule has 0 aliphatic carbocycles. The highest BCUT2D eigenvalue weighted by molar-refractivity contribution is 6.33. The predicted octanol–water partition coefficient (Wildman–Crippen LogP) is 3.68. The Labute approximate surface area is 90.3 Å². The number of hydrogen-bond donors (Lipinski definition) is 0. The Bertz CT molecular complexity index is 479. The van der Waals surface area contributed by atoms with Crippen molar-refractivity contribution in [2.75, 3.05) is 0 Å². The predicted molar refractivity (Wildman–Crippen MR) is 54.6 cm³/mol. The van der Waals surface area contributed by atoms with Crippen molar-refractivity contribution >= 4 is 11.6 Å². The van der Waals surface area contributed by atoms with E-state index in [2.05, 4.69) is 4.98 Å². The minimum Gasteiger partial charge on any atom is -0.263 e. The maximum atomic E-state index is 13.4. The normalized spacial score (nSPS) is 10.3. The van der Waals surface area contributed by atoms with E-state index in [0.717, 1.165) is 0 Å². The average Bonchev–Trinajstić information content (AvgIpc) is 2.20. The maximum absolute atomic E-state index is 13.4.